The van der Waals surface area contributed by atoms with E-state index in [1.54, 1.807) is 35.5 Å². The van der Waals surface area contributed by atoms with Crippen LogP contribution in [0.3, 0.4) is 0 Å². The van der Waals surface area contributed by atoms with Crippen LogP contribution in [0.2, 0.25) is 0 Å². The molecule has 0 aromatic carbocycles. The molecule has 2 aromatic heterocycles. The second kappa shape index (κ2) is 6.91. The Labute approximate surface area is 141 Å². The van der Waals surface area contributed by atoms with Gasteiger partial charge in [-0.1, -0.05) is 0 Å². The molecule has 1 fully saturated rings. The van der Waals surface area contributed by atoms with Crippen LogP contribution in [0.4, 0.5) is 0 Å². The third-order valence-corrected chi connectivity index (χ3v) is 3.93. The number of ether oxygens (including phenoxy) is 2. The summed E-state index contributed by atoms with van der Waals surface area (Å²) < 4.78 is 11.5. The fraction of sp³-hybridized carbons (Fsp3) is 0.333. The second-order valence-corrected chi connectivity index (χ2v) is 6.00. The van der Waals surface area contributed by atoms with E-state index < -0.39 is 0 Å². The Balaban J connectivity index is 1.60. The minimum atomic E-state index is -0.0956. The Morgan fingerprint density at radius 2 is 2.09 bits per heavy atom. The van der Waals surface area contributed by atoms with Gasteiger partial charge in [0.2, 0.25) is 11.8 Å². The summed E-state index contributed by atoms with van der Waals surface area (Å²) in [5.41, 5.74) is 0.560. The van der Waals surface area contributed by atoms with Gasteiger partial charge >= 0.3 is 0 Å². The highest BCUT2D eigenvalue weighted by Crippen LogP contribution is 2.20. The number of rotatable bonds is 4. The van der Waals surface area contributed by atoms with Gasteiger partial charge in [0.05, 0.1) is 19.2 Å². The normalized spacial score (nSPS) is 17.1. The largest absolute Gasteiger partial charge is 0.480 e. The van der Waals surface area contributed by atoms with Gasteiger partial charge in [0, 0.05) is 42.0 Å². The number of halogens is 1. The molecule has 3 heterocycles. The summed E-state index contributed by atoms with van der Waals surface area (Å²) in [7, 11) is 1.53. The van der Waals surface area contributed by atoms with Gasteiger partial charge in [0.15, 0.2) is 0 Å². The first-order valence-electron chi connectivity index (χ1n) is 7.10. The number of carbonyl (C=O) groups excluding carboxylic acids is 1. The number of pyridine rings is 1. The van der Waals surface area contributed by atoms with Crippen molar-refractivity contribution >= 4 is 21.8 Å². The zero-order chi connectivity index (χ0) is 16.2. The van der Waals surface area contributed by atoms with Crippen molar-refractivity contribution < 1.29 is 14.3 Å². The van der Waals surface area contributed by atoms with Gasteiger partial charge in [-0.15, -0.1) is 10.2 Å². The molecule has 0 aliphatic carbocycles. The number of hydrogen-bond donors (Lipinski definition) is 0. The van der Waals surface area contributed by atoms with Crippen LogP contribution in [0.1, 0.15) is 16.8 Å². The Morgan fingerprint density at radius 3 is 2.78 bits per heavy atom. The van der Waals surface area contributed by atoms with Crippen LogP contribution >= 0.6 is 15.9 Å². The molecule has 2 aromatic rings. The maximum atomic E-state index is 12.4. The molecule has 0 bridgehead atoms. The van der Waals surface area contributed by atoms with E-state index in [2.05, 4.69) is 31.1 Å². The minimum Gasteiger partial charge on any atom is -0.480 e. The van der Waals surface area contributed by atoms with Gasteiger partial charge in [-0.2, -0.15) is 0 Å². The smallest absolute Gasteiger partial charge is 0.255 e. The second-order valence-electron chi connectivity index (χ2n) is 5.09. The number of nitrogens with zero attached hydrogens (tertiary/aromatic N) is 4. The van der Waals surface area contributed by atoms with Crippen LogP contribution < -0.4 is 9.47 Å². The third-order valence-electron chi connectivity index (χ3n) is 3.50. The molecular weight excluding hydrogens is 364 g/mol. The molecule has 3 rings (SSSR count). The van der Waals surface area contributed by atoms with Gasteiger partial charge in [-0.25, -0.2) is 0 Å². The molecule has 1 aliphatic rings. The first-order chi connectivity index (χ1) is 11.2. The molecule has 0 radical (unpaired) electrons. The number of likely N-dealkylation sites (tertiary alicyclic amines) is 1. The van der Waals surface area contributed by atoms with Crippen LogP contribution in [-0.4, -0.2) is 52.3 Å². The van der Waals surface area contributed by atoms with Crippen molar-refractivity contribution in [3.05, 3.63) is 40.6 Å². The minimum absolute atomic E-state index is 0.0503. The fourth-order valence-electron chi connectivity index (χ4n) is 2.37. The summed E-state index contributed by atoms with van der Waals surface area (Å²) in [6.07, 6.45) is 3.87. The van der Waals surface area contributed by atoms with Crippen molar-refractivity contribution in [1.29, 1.82) is 0 Å². The Morgan fingerprint density at radius 1 is 1.30 bits per heavy atom. The number of hydrogen-bond acceptors (Lipinski definition) is 6. The molecule has 120 valence electrons. The van der Waals surface area contributed by atoms with E-state index >= 15 is 0 Å². The first kappa shape index (κ1) is 15.7. The molecule has 0 N–H and O–H groups in total. The molecule has 0 spiro atoms. The van der Waals surface area contributed by atoms with Crippen molar-refractivity contribution in [3.8, 4) is 11.8 Å². The van der Waals surface area contributed by atoms with E-state index in [1.807, 2.05) is 0 Å². The van der Waals surface area contributed by atoms with Crippen LogP contribution in [0.25, 0.3) is 0 Å². The van der Waals surface area contributed by atoms with Gasteiger partial charge < -0.3 is 14.4 Å². The standard InChI is InChI=1S/C15H15BrN4O3/c1-22-13-2-3-14(19-18-13)23-12-4-5-20(9-12)15(21)10-6-11(16)8-17-7-10/h2-3,6-8,12H,4-5,9H2,1H3. The molecule has 7 nitrogen and oxygen atoms in total. The van der Waals surface area contributed by atoms with E-state index in [9.17, 15) is 4.79 Å². The SMILES string of the molecule is COc1ccc(OC2CCN(C(=O)c3cncc(Br)c3)C2)nn1. The predicted octanol–water partition coefficient (Wildman–Crippen LogP) is 1.94. The summed E-state index contributed by atoms with van der Waals surface area (Å²) in [5.74, 6) is 0.808. The topological polar surface area (TPSA) is 77.4 Å². The highest BCUT2D eigenvalue weighted by Gasteiger charge is 2.28. The lowest BCUT2D eigenvalue weighted by atomic mass is 10.2. The summed E-state index contributed by atoms with van der Waals surface area (Å²) in [6, 6.07) is 5.15. The number of methoxy groups -OCH3 is 1. The maximum absolute atomic E-state index is 12.4. The molecule has 1 atom stereocenters. The van der Waals surface area contributed by atoms with Crippen LogP contribution in [0.5, 0.6) is 11.8 Å². The highest BCUT2D eigenvalue weighted by molar-refractivity contribution is 9.10. The number of carbonyl (C=O) groups is 1. The average Bonchev–Trinajstić information content (AvgIpc) is 3.03. The first-order valence-corrected chi connectivity index (χ1v) is 7.89. The summed E-state index contributed by atoms with van der Waals surface area (Å²) >= 11 is 3.32. The van der Waals surface area contributed by atoms with Crippen LogP contribution in [-0.2, 0) is 0 Å². The highest BCUT2D eigenvalue weighted by atomic mass is 79.9. The summed E-state index contributed by atoms with van der Waals surface area (Å²) in [5, 5.41) is 7.80. The maximum Gasteiger partial charge on any atom is 0.255 e. The van der Waals surface area contributed by atoms with Gasteiger partial charge in [0.25, 0.3) is 5.91 Å². The van der Waals surface area contributed by atoms with E-state index in [0.29, 0.717) is 30.4 Å². The molecule has 1 aliphatic heterocycles. The number of aromatic nitrogens is 3. The van der Waals surface area contributed by atoms with E-state index in [-0.39, 0.29) is 12.0 Å². The van der Waals surface area contributed by atoms with E-state index in [4.69, 9.17) is 9.47 Å². The van der Waals surface area contributed by atoms with Gasteiger partial charge in [0.1, 0.15) is 6.10 Å². The van der Waals surface area contributed by atoms with Crippen molar-refractivity contribution in [2.75, 3.05) is 20.2 Å². The molecule has 8 heteroatoms. The Hall–Kier alpha value is -2.22. The molecule has 23 heavy (non-hydrogen) atoms. The average molecular weight is 379 g/mol. The van der Waals surface area contributed by atoms with Crippen molar-refractivity contribution in [2.24, 2.45) is 0 Å². The van der Waals surface area contributed by atoms with Gasteiger partial charge in [-0.3, -0.25) is 9.78 Å². The molecule has 1 unspecified atom stereocenters. The summed E-state index contributed by atoms with van der Waals surface area (Å²) in [4.78, 5) is 18.2. The monoisotopic (exact) mass is 378 g/mol. The quantitative estimate of drug-likeness (QED) is 0.808. The molecule has 1 saturated heterocycles. The molecule has 1 amide bonds. The lowest BCUT2D eigenvalue weighted by molar-refractivity contribution is 0.0770. The van der Waals surface area contributed by atoms with Crippen molar-refractivity contribution in [1.82, 2.24) is 20.1 Å². The lowest BCUT2D eigenvalue weighted by Gasteiger charge is -2.16. The van der Waals surface area contributed by atoms with Crippen molar-refractivity contribution in [2.45, 2.75) is 12.5 Å². The van der Waals surface area contributed by atoms with E-state index in [0.717, 1.165) is 10.9 Å². The zero-order valence-electron chi connectivity index (χ0n) is 12.5. The lowest BCUT2D eigenvalue weighted by Crippen LogP contribution is -2.31. The zero-order valence-corrected chi connectivity index (χ0v) is 14.1. The van der Waals surface area contributed by atoms with Crippen LogP contribution in [0.15, 0.2) is 35.1 Å². The predicted molar refractivity (Wildman–Crippen MR) is 85.5 cm³/mol. The van der Waals surface area contributed by atoms with Crippen molar-refractivity contribution in [3.63, 3.8) is 0 Å². The number of amides is 1. The Kier molecular flexibility index (Phi) is 4.71. The third kappa shape index (κ3) is 3.76. The molecule has 0 saturated carbocycles. The molecular formula is C15H15BrN4O3. The van der Waals surface area contributed by atoms with Crippen LogP contribution in [0, 0.1) is 0 Å². The fourth-order valence-corrected chi connectivity index (χ4v) is 2.74. The van der Waals surface area contributed by atoms with Gasteiger partial charge in [-0.05, 0) is 22.0 Å². The van der Waals surface area contributed by atoms with E-state index in [1.165, 1.54) is 7.11 Å². The Bertz CT molecular complexity index is 695. The summed E-state index contributed by atoms with van der Waals surface area (Å²) in [6.45, 7) is 1.15.